The lowest BCUT2D eigenvalue weighted by Crippen LogP contribution is -2.19. The number of rotatable bonds is 5. The van der Waals surface area contributed by atoms with Crippen LogP contribution < -0.4 is 5.32 Å². The summed E-state index contributed by atoms with van der Waals surface area (Å²) >= 11 is 0. The highest BCUT2D eigenvalue weighted by Crippen LogP contribution is 2.07. The molecule has 1 unspecified atom stereocenters. The molecule has 1 rings (SSSR count). The molecule has 0 aliphatic carbocycles. The quantitative estimate of drug-likeness (QED) is 0.681. The number of nitrogens with zero attached hydrogens (tertiary/aromatic N) is 2. The second kappa shape index (κ2) is 5.41. The fraction of sp³-hybridized carbons (Fsp3) is 0.500. The molecule has 0 saturated heterocycles. The molecule has 0 amide bonds. The van der Waals surface area contributed by atoms with E-state index in [4.69, 9.17) is 10.2 Å². The number of aliphatic hydroxyl groups excluding tert-OH is 1. The predicted octanol–water partition coefficient (Wildman–Crippen LogP) is 0.666. The van der Waals surface area contributed by atoms with Crippen molar-refractivity contribution in [2.75, 3.05) is 11.9 Å². The first-order valence-corrected chi connectivity index (χ1v) is 4.99. The first-order valence-electron chi connectivity index (χ1n) is 4.99. The average molecular weight is 225 g/mol. The summed E-state index contributed by atoms with van der Waals surface area (Å²) in [5, 5.41) is 20.5. The molecule has 0 radical (unpaired) electrons. The summed E-state index contributed by atoms with van der Waals surface area (Å²) in [4.78, 5) is 18.7. The summed E-state index contributed by atoms with van der Waals surface area (Å²) in [6.07, 6.45) is 0.555. The lowest BCUT2D eigenvalue weighted by atomic mass is 10.2. The average Bonchev–Trinajstić information content (AvgIpc) is 2.16. The molecular formula is C10H15N3O3. The number of aliphatic hydroxyl groups is 1. The third-order valence-electron chi connectivity index (χ3n) is 2.01. The molecule has 1 heterocycles. The highest BCUT2D eigenvalue weighted by Gasteiger charge is 2.10. The first-order chi connectivity index (χ1) is 7.52. The SMILES string of the molecule is Cc1cc(C(=O)O)nc(NC(C)CCO)n1. The van der Waals surface area contributed by atoms with Gasteiger partial charge in [0.15, 0.2) is 5.69 Å². The van der Waals surface area contributed by atoms with Crippen LogP contribution in [0.3, 0.4) is 0 Å². The van der Waals surface area contributed by atoms with Gasteiger partial charge in [-0.2, -0.15) is 0 Å². The van der Waals surface area contributed by atoms with Gasteiger partial charge in [-0.15, -0.1) is 0 Å². The van der Waals surface area contributed by atoms with E-state index in [9.17, 15) is 4.79 Å². The van der Waals surface area contributed by atoms with Gasteiger partial charge in [0.2, 0.25) is 5.95 Å². The molecule has 0 spiro atoms. The van der Waals surface area contributed by atoms with Crippen molar-refractivity contribution in [3.05, 3.63) is 17.5 Å². The Balaban J connectivity index is 2.84. The number of aryl methyl sites for hydroxylation is 1. The second-order valence-electron chi connectivity index (χ2n) is 3.58. The summed E-state index contributed by atoms with van der Waals surface area (Å²) < 4.78 is 0. The van der Waals surface area contributed by atoms with Gasteiger partial charge in [-0.1, -0.05) is 0 Å². The van der Waals surface area contributed by atoms with E-state index in [2.05, 4.69) is 15.3 Å². The van der Waals surface area contributed by atoms with Crippen LogP contribution in [0.5, 0.6) is 0 Å². The topological polar surface area (TPSA) is 95.3 Å². The number of aromatic carboxylic acids is 1. The van der Waals surface area contributed by atoms with Crippen LogP contribution in [-0.4, -0.2) is 38.8 Å². The van der Waals surface area contributed by atoms with Crippen LogP contribution >= 0.6 is 0 Å². The molecule has 0 fully saturated rings. The van der Waals surface area contributed by atoms with Gasteiger partial charge in [0.25, 0.3) is 0 Å². The fourth-order valence-corrected chi connectivity index (χ4v) is 1.23. The van der Waals surface area contributed by atoms with Crippen molar-refractivity contribution in [3.8, 4) is 0 Å². The van der Waals surface area contributed by atoms with Crippen molar-refractivity contribution in [1.82, 2.24) is 9.97 Å². The molecule has 1 atom stereocenters. The zero-order chi connectivity index (χ0) is 12.1. The normalized spacial score (nSPS) is 12.2. The molecule has 0 saturated carbocycles. The Hall–Kier alpha value is -1.69. The molecule has 16 heavy (non-hydrogen) atoms. The highest BCUT2D eigenvalue weighted by molar-refractivity contribution is 5.85. The molecule has 0 aromatic carbocycles. The first kappa shape index (κ1) is 12.4. The maximum Gasteiger partial charge on any atom is 0.354 e. The smallest absolute Gasteiger partial charge is 0.354 e. The largest absolute Gasteiger partial charge is 0.477 e. The summed E-state index contributed by atoms with van der Waals surface area (Å²) in [6.45, 7) is 3.63. The van der Waals surface area contributed by atoms with Gasteiger partial charge in [0.05, 0.1) is 0 Å². The lowest BCUT2D eigenvalue weighted by molar-refractivity contribution is 0.0690. The molecule has 0 bridgehead atoms. The van der Waals surface area contributed by atoms with Gasteiger partial charge in [-0.25, -0.2) is 14.8 Å². The van der Waals surface area contributed by atoms with Crippen LogP contribution in [0.2, 0.25) is 0 Å². The van der Waals surface area contributed by atoms with E-state index >= 15 is 0 Å². The van der Waals surface area contributed by atoms with Gasteiger partial charge in [-0.3, -0.25) is 0 Å². The van der Waals surface area contributed by atoms with Crippen LogP contribution in [0.25, 0.3) is 0 Å². The molecule has 88 valence electrons. The number of carboxylic acid groups (broad SMARTS) is 1. The summed E-state index contributed by atoms with van der Waals surface area (Å²) in [6, 6.07) is 1.40. The number of hydrogen-bond acceptors (Lipinski definition) is 5. The van der Waals surface area contributed by atoms with Crippen LogP contribution in [0.4, 0.5) is 5.95 Å². The number of carboxylic acids is 1. The molecule has 1 aromatic heterocycles. The zero-order valence-corrected chi connectivity index (χ0v) is 9.27. The van der Waals surface area contributed by atoms with Crippen molar-refractivity contribution >= 4 is 11.9 Å². The van der Waals surface area contributed by atoms with Crippen molar-refractivity contribution in [2.24, 2.45) is 0 Å². The van der Waals surface area contributed by atoms with E-state index in [0.717, 1.165) is 0 Å². The van der Waals surface area contributed by atoms with E-state index in [1.165, 1.54) is 6.07 Å². The minimum absolute atomic E-state index is 0.00607. The number of aromatic nitrogens is 2. The van der Waals surface area contributed by atoms with Crippen LogP contribution in [0, 0.1) is 6.92 Å². The van der Waals surface area contributed by atoms with E-state index in [1.807, 2.05) is 6.92 Å². The number of carbonyl (C=O) groups is 1. The molecule has 1 aromatic rings. The highest BCUT2D eigenvalue weighted by atomic mass is 16.4. The fourth-order valence-electron chi connectivity index (χ4n) is 1.23. The van der Waals surface area contributed by atoms with Crippen molar-refractivity contribution in [3.63, 3.8) is 0 Å². The minimum Gasteiger partial charge on any atom is -0.477 e. The molecule has 0 aliphatic heterocycles. The Bertz CT molecular complexity index is 382. The Kier molecular flexibility index (Phi) is 4.19. The van der Waals surface area contributed by atoms with Crippen molar-refractivity contribution in [2.45, 2.75) is 26.3 Å². The molecule has 0 aliphatic rings. The molecular weight excluding hydrogens is 210 g/mol. The summed E-state index contributed by atoms with van der Waals surface area (Å²) in [7, 11) is 0. The Labute approximate surface area is 93.4 Å². The van der Waals surface area contributed by atoms with Crippen molar-refractivity contribution < 1.29 is 15.0 Å². The molecule has 6 nitrogen and oxygen atoms in total. The maximum atomic E-state index is 10.8. The van der Waals surface area contributed by atoms with E-state index in [0.29, 0.717) is 12.1 Å². The lowest BCUT2D eigenvalue weighted by Gasteiger charge is -2.12. The Morgan fingerprint density at radius 3 is 2.81 bits per heavy atom. The Morgan fingerprint density at radius 1 is 1.56 bits per heavy atom. The van der Waals surface area contributed by atoms with Gasteiger partial charge in [-0.05, 0) is 26.3 Å². The zero-order valence-electron chi connectivity index (χ0n) is 9.27. The predicted molar refractivity (Wildman–Crippen MR) is 58.5 cm³/mol. The standard InChI is InChI=1S/C10H15N3O3/c1-6(3-4-14)11-10-12-7(2)5-8(13-10)9(15)16/h5-6,14H,3-4H2,1-2H3,(H,15,16)(H,11,12,13). The summed E-state index contributed by atoms with van der Waals surface area (Å²) in [5.74, 6) is -0.804. The number of hydrogen-bond donors (Lipinski definition) is 3. The second-order valence-corrected chi connectivity index (χ2v) is 3.58. The van der Waals surface area contributed by atoms with Crippen molar-refractivity contribution in [1.29, 1.82) is 0 Å². The maximum absolute atomic E-state index is 10.8. The van der Waals surface area contributed by atoms with Gasteiger partial charge < -0.3 is 15.5 Å². The van der Waals surface area contributed by atoms with Crippen LogP contribution in [0.1, 0.15) is 29.5 Å². The number of anilines is 1. The van der Waals surface area contributed by atoms with Crippen LogP contribution in [-0.2, 0) is 0 Å². The van der Waals surface area contributed by atoms with Crippen LogP contribution in [0.15, 0.2) is 6.07 Å². The third kappa shape index (κ3) is 3.47. The van der Waals surface area contributed by atoms with Gasteiger partial charge in [0.1, 0.15) is 0 Å². The van der Waals surface area contributed by atoms with Gasteiger partial charge >= 0.3 is 5.97 Å². The van der Waals surface area contributed by atoms with E-state index in [1.54, 1.807) is 6.92 Å². The van der Waals surface area contributed by atoms with Gasteiger partial charge in [0, 0.05) is 18.3 Å². The summed E-state index contributed by atoms with van der Waals surface area (Å²) in [5.41, 5.74) is 0.553. The molecule has 6 heteroatoms. The van der Waals surface area contributed by atoms with E-state index < -0.39 is 5.97 Å². The number of nitrogens with one attached hydrogen (secondary N) is 1. The Morgan fingerprint density at radius 2 is 2.25 bits per heavy atom. The minimum atomic E-state index is -1.08. The monoisotopic (exact) mass is 225 g/mol. The third-order valence-corrected chi connectivity index (χ3v) is 2.01. The van der Waals surface area contributed by atoms with E-state index in [-0.39, 0.29) is 24.3 Å². The molecule has 3 N–H and O–H groups in total.